The van der Waals surface area contributed by atoms with Crippen molar-refractivity contribution < 1.29 is 14.3 Å². The Balaban J connectivity index is 2.55. The van der Waals surface area contributed by atoms with Crippen molar-refractivity contribution in [1.29, 1.82) is 0 Å². The molecule has 1 aliphatic rings. The molecule has 0 aromatic rings. The van der Waals surface area contributed by atoms with Gasteiger partial charge in [-0.05, 0) is 37.7 Å². The van der Waals surface area contributed by atoms with Crippen LogP contribution in [0.15, 0.2) is 23.8 Å². The summed E-state index contributed by atoms with van der Waals surface area (Å²) in [5.41, 5.74) is 0.926. The van der Waals surface area contributed by atoms with Gasteiger partial charge in [0.2, 0.25) is 5.91 Å². The zero-order valence-corrected chi connectivity index (χ0v) is 15.4. The van der Waals surface area contributed by atoms with Gasteiger partial charge in [0.05, 0.1) is 13.0 Å². The molecule has 4 heteroatoms. The monoisotopic (exact) mass is 335 g/mol. The Labute approximate surface area is 146 Å². The lowest BCUT2D eigenvalue weighted by Crippen LogP contribution is -2.27. The molecule has 0 radical (unpaired) electrons. The number of ether oxygens (including phenoxy) is 1. The van der Waals surface area contributed by atoms with E-state index in [1.54, 1.807) is 6.08 Å². The number of rotatable bonds is 11. The lowest BCUT2D eigenvalue weighted by molar-refractivity contribution is -0.138. The first kappa shape index (κ1) is 20.5. The van der Waals surface area contributed by atoms with E-state index in [1.807, 2.05) is 4.90 Å². The van der Waals surface area contributed by atoms with E-state index < -0.39 is 0 Å². The maximum Gasteiger partial charge on any atom is 0.330 e. The number of allylic oxidation sites excluding steroid dienone is 2. The first-order chi connectivity index (χ1) is 11.7. The molecule has 0 aromatic heterocycles. The van der Waals surface area contributed by atoms with Crippen molar-refractivity contribution in [3.8, 4) is 0 Å². The third-order valence-corrected chi connectivity index (χ3v) is 4.20. The van der Waals surface area contributed by atoms with Crippen LogP contribution in [0, 0.1) is 0 Å². The lowest BCUT2D eigenvalue weighted by Gasteiger charge is -2.15. The van der Waals surface area contributed by atoms with Gasteiger partial charge >= 0.3 is 5.97 Å². The van der Waals surface area contributed by atoms with Gasteiger partial charge in [-0.3, -0.25) is 4.79 Å². The van der Waals surface area contributed by atoms with E-state index in [0.29, 0.717) is 13.0 Å². The van der Waals surface area contributed by atoms with Gasteiger partial charge < -0.3 is 9.64 Å². The standard InChI is InChI=1S/C20H33NO3/c1-3-5-7-8-11-18(12-13-20(23)24-16-6-4-2)17-19(22)21-14-9-10-15-21/h11-13H,3-10,14-17H2,1-2H3/b13-12+,18-11-. The van der Waals surface area contributed by atoms with E-state index in [0.717, 1.165) is 57.2 Å². The van der Waals surface area contributed by atoms with Gasteiger partial charge in [0, 0.05) is 19.2 Å². The predicted octanol–water partition coefficient (Wildman–Crippen LogP) is 4.41. The van der Waals surface area contributed by atoms with E-state index in [1.165, 1.54) is 18.9 Å². The van der Waals surface area contributed by atoms with Crippen molar-refractivity contribution in [3.63, 3.8) is 0 Å². The number of carbonyl (C=O) groups excluding carboxylic acids is 2. The highest BCUT2D eigenvalue weighted by Crippen LogP contribution is 2.15. The summed E-state index contributed by atoms with van der Waals surface area (Å²) in [7, 11) is 0. The van der Waals surface area contributed by atoms with Crippen LogP contribution in [-0.4, -0.2) is 36.5 Å². The number of hydrogen-bond acceptors (Lipinski definition) is 3. The van der Waals surface area contributed by atoms with Gasteiger partial charge in [-0.15, -0.1) is 0 Å². The Bertz CT molecular complexity index is 434. The van der Waals surface area contributed by atoms with Gasteiger partial charge in [-0.2, -0.15) is 0 Å². The van der Waals surface area contributed by atoms with Crippen LogP contribution >= 0.6 is 0 Å². The molecule has 1 saturated heterocycles. The molecular formula is C20H33NO3. The van der Waals surface area contributed by atoms with E-state index in [9.17, 15) is 9.59 Å². The Morgan fingerprint density at radius 1 is 1.00 bits per heavy atom. The summed E-state index contributed by atoms with van der Waals surface area (Å²) < 4.78 is 5.13. The van der Waals surface area contributed by atoms with Crippen LogP contribution in [0.4, 0.5) is 0 Å². The second-order valence-electron chi connectivity index (χ2n) is 6.39. The third-order valence-electron chi connectivity index (χ3n) is 4.20. The molecule has 0 N–H and O–H groups in total. The number of amides is 1. The molecule has 0 bridgehead atoms. The van der Waals surface area contributed by atoms with Gasteiger partial charge in [0.25, 0.3) is 0 Å². The molecule has 1 amide bonds. The average Bonchev–Trinajstić information content (AvgIpc) is 3.11. The van der Waals surface area contributed by atoms with Crippen molar-refractivity contribution in [2.45, 2.75) is 71.6 Å². The fraction of sp³-hybridized carbons (Fsp3) is 0.700. The summed E-state index contributed by atoms with van der Waals surface area (Å²) in [5, 5.41) is 0. The van der Waals surface area contributed by atoms with E-state index in [-0.39, 0.29) is 11.9 Å². The number of carbonyl (C=O) groups is 2. The van der Waals surface area contributed by atoms with Crippen molar-refractivity contribution in [2.75, 3.05) is 19.7 Å². The Kier molecular flexibility index (Phi) is 10.9. The molecule has 24 heavy (non-hydrogen) atoms. The number of unbranched alkanes of at least 4 members (excludes halogenated alkanes) is 4. The van der Waals surface area contributed by atoms with Crippen LogP contribution in [0.3, 0.4) is 0 Å². The summed E-state index contributed by atoms with van der Waals surface area (Å²) >= 11 is 0. The molecule has 1 heterocycles. The molecule has 1 aliphatic heterocycles. The van der Waals surface area contributed by atoms with Gasteiger partial charge in [0.1, 0.15) is 0 Å². The molecule has 0 unspecified atom stereocenters. The first-order valence-corrected chi connectivity index (χ1v) is 9.49. The fourth-order valence-corrected chi connectivity index (χ4v) is 2.67. The van der Waals surface area contributed by atoms with Crippen LogP contribution < -0.4 is 0 Å². The highest BCUT2D eigenvalue weighted by atomic mass is 16.5. The maximum atomic E-state index is 12.3. The van der Waals surface area contributed by atoms with Crippen molar-refractivity contribution >= 4 is 11.9 Å². The summed E-state index contributed by atoms with van der Waals surface area (Å²) in [5.74, 6) is -0.158. The highest BCUT2D eigenvalue weighted by Gasteiger charge is 2.18. The fourth-order valence-electron chi connectivity index (χ4n) is 2.67. The summed E-state index contributed by atoms with van der Waals surface area (Å²) in [6.45, 7) is 6.43. The van der Waals surface area contributed by atoms with Crippen molar-refractivity contribution in [1.82, 2.24) is 4.90 Å². The zero-order chi connectivity index (χ0) is 17.6. The minimum absolute atomic E-state index is 0.165. The topological polar surface area (TPSA) is 46.6 Å². The molecule has 0 spiro atoms. The smallest absolute Gasteiger partial charge is 0.330 e. The number of esters is 1. The average molecular weight is 335 g/mol. The third kappa shape index (κ3) is 8.90. The quantitative estimate of drug-likeness (QED) is 0.243. The molecule has 136 valence electrons. The molecule has 4 nitrogen and oxygen atoms in total. The first-order valence-electron chi connectivity index (χ1n) is 9.49. The summed E-state index contributed by atoms with van der Waals surface area (Å²) in [4.78, 5) is 26.0. The molecule has 1 fully saturated rings. The van der Waals surface area contributed by atoms with Crippen LogP contribution in [0.2, 0.25) is 0 Å². The van der Waals surface area contributed by atoms with Gasteiger partial charge in [-0.25, -0.2) is 4.79 Å². The number of likely N-dealkylation sites (tertiary alicyclic amines) is 1. The predicted molar refractivity (Wildman–Crippen MR) is 97.7 cm³/mol. The van der Waals surface area contributed by atoms with E-state index in [2.05, 4.69) is 19.9 Å². The lowest BCUT2D eigenvalue weighted by atomic mass is 10.1. The molecule has 1 rings (SSSR count). The minimum atomic E-state index is -0.323. The van der Waals surface area contributed by atoms with Crippen molar-refractivity contribution in [2.24, 2.45) is 0 Å². The molecule has 0 atom stereocenters. The molecule has 0 aliphatic carbocycles. The second-order valence-corrected chi connectivity index (χ2v) is 6.39. The normalized spacial score (nSPS) is 15.2. The molecule has 0 saturated carbocycles. The highest BCUT2D eigenvalue weighted by molar-refractivity contribution is 5.84. The van der Waals surface area contributed by atoms with Gasteiger partial charge in [0.15, 0.2) is 0 Å². The second kappa shape index (κ2) is 12.8. The number of nitrogens with zero attached hydrogens (tertiary/aromatic N) is 1. The minimum Gasteiger partial charge on any atom is -0.463 e. The van der Waals surface area contributed by atoms with Crippen molar-refractivity contribution in [3.05, 3.63) is 23.8 Å². The van der Waals surface area contributed by atoms with E-state index in [4.69, 9.17) is 4.74 Å². The number of hydrogen-bond donors (Lipinski definition) is 0. The summed E-state index contributed by atoms with van der Waals surface area (Å²) in [6, 6.07) is 0. The van der Waals surface area contributed by atoms with Crippen LogP contribution in [0.25, 0.3) is 0 Å². The largest absolute Gasteiger partial charge is 0.463 e. The van der Waals surface area contributed by atoms with E-state index >= 15 is 0 Å². The summed E-state index contributed by atoms with van der Waals surface area (Å²) in [6.07, 6.45) is 14.2. The Morgan fingerprint density at radius 2 is 1.71 bits per heavy atom. The van der Waals surface area contributed by atoms with Gasteiger partial charge in [-0.1, -0.05) is 45.3 Å². The molecular weight excluding hydrogens is 302 g/mol. The van der Waals surface area contributed by atoms with Crippen LogP contribution in [-0.2, 0) is 14.3 Å². The zero-order valence-electron chi connectivity index (χ0n) is 15.4. The van der Waals surface area contributed by atoms with Crippen LogP contribution in [0.5, 0.6) is 0 Å². The maximum absolute atomic E-state index is 12.3. The van der Waals surface area contributed by atoms with Crippen LogP contribution in [0.1, 0.15) is 71.6 Å². The SMILES string of the molecule is CCCCC/C=C(/C=C/C(=O)OCCCC)CC(=O)N1CCCC1. The molecule has 0 aromatic carbocycles. The Hall–Kier alpha value is -1.58. The Morgan fingerprint density at radius 3 is 2.38 bits per heavy atom.